The Morgan fingerprint density at radius 3 is 2.74 bits per heavy atom. The molecule has 6 heteroatoms. The molecular formula is C21H26N4OS. The van der Waals surface area contributed by atoms with E-state index in [0.717, 1.165) is 40.6 Å². The monoisotopic (exact) mass is 382 g/mol. The Balaban J connectivity index is 2.04. The van der Waals surface area contributed by atoms with Crippen LogP contribution in [0.3, 0.4) is 0 Å². The summed E-state index contributed by atoms with van der Waals surface area (Å²) >= 11 is 1.63. The fourth-order valence-corrected chi connectivity index (χ4v) is 4.86. The van der Waals surface area contributed by atoms with Gasteiger partial charge in [0.2, 0.25) is 5.78 Å². The number of hydrogen-bond acceptors (Lipinski definition) is 4. The van der Waals surface area contributed by atoms with Crippen LogP contribution < -0.4 is 5.56 Å². The molecule has 4 rings (SSSR count). The Kier molecular flexibility index (Phi) is 4.41. The second-order valence-electron chi connectivity index (χ2n) is 8.14. The summed E-state index contributed by atoms with van der Waals surface area (Å²) in [5.41, 5.74) is 3.83. The first kappa shape index (κ1) is 18.3. The van der Waals surface area contributed by atoms with Gasteiger partial charge in [-0.1, -0.05) is 63.7 Å². The van der Waals surface area contributed by atoms with Gasteiger partial charge in [0.25, 0.3) is 5.56 Å². The second-order valence-corrected chi connectivity index (χ2v) is 9.12. The predicted octanol–water partition coefficient (Wildman–Crippen LogP) is 4.07. The molecule has 1 aliphatic rings. The molecule has 0 bridgehead atoms. The highest BCUT2D eigenvalue weighted by Gasteiger charge is 2.38. The first-order valence-corrected chi connectivity index (χ1v) is 10.6. The third kappa shape index (κ3) is 2.81. The molecule has 0 radical (unpaired) electrons. The van der Waals surface area contributed by atoms with Crippen molar-refractivity contribution in [1.82, 2.24) is 19.2 Å². The number of aromatic nitrogens is 4. The summed E-state index contributed by atoms with van der Waals surface area (Å²) in [7, 11) is 1.86. The van der Waals surface area contributed by atoms with E-state index in [9.17, 15) is 4.79 Å². The molecule has 0 unspecified atom stereocenters. The van der Waals surface area contributed by atoms with Gasteiger partial charge in [0.15, 0.2) is 5.16 Å². The van der Waals surface area contributed by atoms with Gasteiger partial charge in [0.1, 0.15) is 0 Å². The van der Waals surface area contributed by atoms with Crippen molar-refractivity contribution in [3.8, 4) is 11.3 Å². The molecule has 1 aliphatic carbocycles. The maximum atomic E-state index is 13.7. The van der Waals surface area contributed by atoms with Gasteiger partial charge >= 0.3 is 0 Å². The summed E-state index contributed by atoms with van der Waals surface area (Å²) in [5, 5.41) is 5.34. The molecule has 0 saturated heterocycles. The van der Waals surface area contributed by atoms with Gasteiger partial charge in [-0.3, -0.25) is 4.79 Å². The van der Waals surface area contributed by atoms with Crippen LogP contribution in [0, 0.1) is 5.92 Å². The molecule has 2 aromatic heterocycles. The molecule has 5 nitrogen and oxygen atoms in total. The Bertz CT molecular complexity index is 1080. The molecule has 27 heavy (non-hydrogen) atoms. The number of benzene rings is 1. The van der Waals surface area contributed by atoms with Crippen molar-refractivity contribution in [2.75, 3.05) is 5.75 Å². The van der Waals surface area contributed by atoms with E-state index in [1.165, 1.54) is 5.56 Å². The summed E-state index contributed by atoms with van der Waals surface area (Å²) in [6, 6.07) is 8.32. The average Bonchev–Trinajstić information content (AvgIpc) is 2.96. The smallest absolute Gasteiger partial charge is 0.265 e. The largest absolute Gasteiger partial charge is 0.268 e. The van der Waals surface area contributed by atoms with Crippen LogP contribution in [0.5, 0.6) is 0 Å². The minimum atomic E-state index is -0.217. The lowest BCUT2D eigenvalue weighted by Crippen LogP contribution is -2.37. The Morgan fingerprint density at radius 2 is 2.04 bits per heavy atom. The van der Waals surface area contributed by atoms with E-state index in [-0.39, 0.29) is 11.0 Å². The molecule has 1 atom stereocenters. The minimum Gasteiger partial charge on any atom is -0.268 e. The molecule has 0 N–H and O–H groups in total. The van der Waals surface area contributed by atoms with Crippen molar-refractivity contribution < 1.29 is 0 Å². The molecule has 0 saturated carbocycles. The zero-order valence-corrected chi connectivity index (χ0v) is 17.4. The van der Waals surface area contributed by atoms with E-state index >= 15 is 0 Å². The molecule has 1 aromatic carbocycles. The predicted molar refractivity (Wildman–Crippen MR) is 111 cm³/mol. The first-order valence-electron chi connectivity index (χ1n) is 9.57. The molecule has 3 aromatic rings. The van der Waals surface area contributed by atoms with E-state index in [0.29, 0.717) is 11.7 Å². The number of fused-ring (bicyclic) bond motifs is 4. The fraction of sp³-hybridized carbons (Fsp3) is 0.476. The maximum absolute atomic E-state index is 13.7. The lowest BCUT2D eigenvalue weighted by atomic mass is 9.69. The van der Waals surface area contributed by atoms with Gasteiger partial charge in [-0.05, 0) is 24.3 Å². The SMILES string of the molecule is CC[C@]1(C)Cc2ccccc2-c2nc3n(C)nc(SCC(C)C)n3c(=O)c21. The van der Waals surface area contributed by atoms with E-state index < -0.39 is 0 Å². The number of nitrogens with zero attached hydrogens (tertiary/aromatic N) is 4. The minimum absolute atomic E-state index is 0.0354. The van der Waals surface area contributed by atoms with Gasteiger partial charge < -0.3 is 0 Å². The molecule has 142 valence electrons. The Labute approximate surface area is 163 Å². The van der Waals surface area contributed by atoms with Crippen LogP contribution in [0.2, 0.25) is 0 Å². The third-order valence-electron chi connectivity index (χ3n) is 5.56. The van der Waals surface area contributed by atoms with Crippen molar-refractivity contribution in [3.63, 3.8) is 0 Å². The maximum Gasteiger partial charge on any atom is 0.265 e. The zero-order chi connectivity index (χ0) is 19.3. The van der Waals surface area contributed by atoms with E-state index in [2.05, 4.69) is 51.0 Å². The standard InChI is InChI=1S/C21H26N4OS/c1-6-21(4)11-14-9-7-8-10-15(14)17-16(21)18(26)25-19(22-17)24(5)23-20(25)27-12-13(2)3/h7-10,13H,6,11-12H2,1-5H3/t21-/m1/s1. The molecular weight excluding hydrogens is 356 g/mol. The molecule has 0 spiro atoms. The van der Waals surface area contributed by atoms with Crippen molar-refractivity contribution in [2.24, 2.45) is 13.0 Å². The topological polar surface area (TPSA) is 52.2 Å². The first-order chi connectivity index (χ1) is 12.9. The summed E-state index contributed by atoms with van der Waals surface area (Å²) in [6.07, 6.45) is 1.76. The van der Waals surface area contributed by atoms with Crippen LogP contribution in [0.4, 0.5) is 0 Å². The van der Waals surface area contributed by atoms with Crippen molar-refractivity contribution >= 4 is 17.5 Å². The highest BCUT2D eigenvalue weighted by atomic mass is 32.2. The normalized spacial score (nSPS) is 18.7. The molecule has 0 fully saturated rings. The number of thioether (sulfide) groups is 1. The van der Waals surface area contributed by atoms with Gasteiger partial charge in [-0.15, -0.1) is 5.10 Å². The van der Waals surface area contributed by atoms with E-state index in [1.54, 1.807) is 20.8 Å². The quantitative estimate of drug-likeness (QED) is 0.639. The van der Waals surface area contributed by atoms with Crippen LogP contribution in [0.25, 0.3) is 17.0 Å². The van der Waals surface area contributed by atoms with E-state index in [4.69, 9.17) is 4.98 Å². The van der Waals surface area contributed by atoms with Gasteiger partial charge in [0, 0.05) is 23.8 Å². The molecule has 2 heterocycles. The van der Waals surface area contributed by atoms with Crippen molar-refractivity contribution in [2.45, 2.75) is 51.1 Å². The third-order valence-corrected chi connectivity index (χ3v) is 6.92. The zero-order valence-electron chi connectivity index (χ0n) is 16.6. The lowest BCUT2D eigenvalue weighted by molar-refractivity contribution is 0.439. The van der Waals surface area contributed by atoms with E-state index in [1.807, 2.05) is 13.1 Å². The highest BCUT2D eigenvalue weighted by molar-refractivity contribution is 7.99. The fourth-order valence-electron chi connectivity index (χ4n) is 3.91. The van der Waals surface area contributed by atoms with Crippen LogP contribution >= 0.6 is 11.8 Å². The second kappa shape index (κ2) is 6.51. The van der Waals surface area contributed by atoms with Crippen LogP contribution in [0.15, 0.2) is 34.2 Å². The van der Waals surface area contributed by atoms with Crippen molar-refractivity contribution in [1.29, 1.82) is 0 Å². The number of hydrogen-bond donors (Lipinski definition) is 0. The number of aryl methyl sites for hydroxylation is 1. The van der Waals surface area contributed by atoms with Crippen molar-refractivity contribution in [3.05, 3.63) is 45.7 Å². The lowest BCUT2D eigenvalue weighted by Gasteiger charge is -2.34. The van der Waals surface area contributed by atoms with Gasteiger partial charge in [-0.25, -0.2) is 14.1 Å². The van der Waals surface area contributed by atoms with Crippen LogP contribution in [-0.4, -0.2) is 24.9 Å². The van der Waals surface area contributed by atoms with Gasteiger partial charge in [0.05, 0.1) is 11.3 Å². The molecule has 0 aliphatic heterocycles. The summed E-state index contributed by atoms with van der Waals surface area (Å²) < 4.78 is 3.44. The van der Waals surface area contributed by atoms with Crippen LogP contribution in [0.1, 0.15) is 45.2 Å². The molecule has 0 amide bonds. The Morgan fingerprint density at radius 1 is 1.30 bits per heavy atom. The average molecular weight is 383 g/mol. The summed E-state index contributed by atoms with van der Waals surface area (Å²) in [4.78, 5) is 18.7. The summed E-state index contributed by atoms with van der Waals surface area (Å²) in [5.74, 6) is 2.06. The summed E-state index contributed by atoms with van der Waals surface area (Å²) in [6.45, 7) is 8.69. The number of rotatable bonds is 4. The Hall–Kier alpha value is -2.08. The highest BCUT2D eigenvalue weighted by Crippen LogP contribution is 2.42. The van der Waals surface area contributed by atoms with Gasteiger partial charge in [-0.2, -0.15) is 0 Å². The van der Waals surface area contributed by atoms with Crippen LogP contribution in [-0.2, 0) is 18.9 Å².